The van der Waals surface area contributed by atoms with E-state index < -0.39 is 0 Å². The molecule has 0 aliphatic carbocycles. The van der Waals surface area contributed by atoms with E-state index in [0.29, 0.717) is 0 Å². The second-order valence-corrected chi connectivity index (χ2v) is 5.61. The van der Waals surface area contributed by atoms with Gasteiger partial charge in [-0.05, 0) is 42.8 Å². The van der Waals surface area contributed by atoms with Crippen LogP contribution >= 0.6 is 11.6 Å². The van der Waals surface area contributed by atoms with E-state index in [0.717, 1.165) is 29.4 Å². The Kier molecular flexibility index (Phi) is 5.59. The molecule has 2 rings (SSSR count). The summed E-state index contributed by atoms with van der Waals surface area (Å²) in [7, 11) is 2.06. The van der Waals surface area contributed by atoms with Crippen LogP contribution in [-0.2, 0) is 6.54 Å². The first-order valence-electron chi connectivity index (χ1n) is 7.24. The summed E-state index contributed by atoms with van der Waals surface area (Å²) in [5.74, 6) is 0. The topological polar surface area (TPSA) is 28.2 Å². The first-order chi connectivity index (χ1) is 10.1. The summed E-state index contributed by atoms with van der Waals surface area (Å²) in [4.78, 5) is 6.32. The van der Waals surface area contributed by atoms with Gasteiger partial charge in [0.05, 0.1) is 0 Å². The number of hydrogen-bond donors (Lipinski definition) is 1. The first-order valence-corrected chi connectivity index (χ1v) is 7.62. The lowest BCUT2D eigenvalue weighted by Crippen LogP contribution is -2.19. The van der Waals surface area contributed by atoms with E-state index >= 15 is 0 Å². The molecule has 1 aromatic heterocycles. The van der Waals surface area contributed by atoms with E-state index in [-0.39, 0.29) is 6.04 Å². The molecule has 0 saturated heterocycles. The van der Waals surface area contributed by atoms with Gasteiger partial charge in [0.2, 0.25) is 0 Å². The fraction of sp³-hybridized carbons (Fsp3) is 0.353. The summed E-state index contributed by atoms with van der Waals surface area (Å²) in [6.07, 6.45) is 3.68. The number of halogens is 1. The van der Waals surface area contributed by atoms with Gasteiger partial charge in [-0.1, -0.05) is 30.7 Å². The van der Waals surface area contributed by atoms with Crippen LogP contribution in [0.25, 0.3) is 0 Å². The van der Waals surface area contributed by atoms with Crippen LogP contribution in [0.15, 0.2) is 42.7 Å². The largest absolute Gasteiger partial charge is 0.370 e. The van der Waals surface area contributed by atoms with Crippen LogP contribution < -0.4 is 10.2 Å². The maximum absolute atomic E-state index is 6.43. The minimum absolute atomic E-state index is 0.264. The summed E-state index contributed by atoms with van der Waals surface area (Å²) in [5.41, 5.74) is 3.43. The molecule has 1 aromatic carbocycles. The zero-order valence-corrected chi connectivity index (χ0v) is 13.6. The van der Waals surface area contributed by atoms with Gasteiger partial charge in [0, 0.05) is 42.7 Å². The smallest absolute Gasteiger partial charge is 0.0474 e. The molecule has 1 N–H and O–H groups in total. The van der Waals surface area contributed by atoms with Gasteiger partial charge in [-0.2, -0.15) is 0 Å². The Balaban J connectivity index is 2.12. The number of anilines is 1. The van der Waals surface area contributed by atoms with E-state index in [1.807, 2.05) is 18.3 Å². The lowest BCUT2D eigenvalue weighted by molar-refractivity contribution is 0.598. The number of nitrogens with one attached hydrogen (secondary N) is 1. The van der Waals surface area contributed by atoms with Gasteiger partial charge in [0.15, 0.2) is 0 Å². The third-order valence-electron chi connectivity index (χ3n) is 3.54. The summed E-state index contributed by atoms with van der Waals surface area (Å²) < 4.78 is 0. The van der Waals surface area contributed by atoms with Crippen molar-refractivity contribution in [3.05, 3.63) is 58.9 Å². The Morgan fingerprint density at radius 2 is 2.14 bits per heavy atom. The highest BCUT2D eigenvalue weighted by Crippen LogP contribution is 2.28. The molecule has 21 heavy (non-hydrogen) atoms. The maximum atomic E-state index is 6.43. The molecule has 1 atom stereocenters. The maximum Gasteiger partial charge on any atom is 0.0474 e. The molecule has 1 unspecified atom stereocenters. The minimum Gasteiger partial charge on any atom is -0.370 e. The van der Waals surface area contributed by atoms with Crippen LogP contribution in [0.4, 0.5) is 5.69 Å². The van der Waals surface area contributed by atoms with Crippen molar-refractivity contribution in [2.45, 2.75) is 26.4 Å². The van der Waals surface area contributed by atoms with Crippen LogP contribution in [0, 0.1) is 0 Å². The van der Waals surface area contributed by atoms with Crippen molar-refractivity contribution in [3.8, 4) is 0 Å². The molecular formula is C17H22ClN3. The Labute approximate surface area is 132 Å². The fourth-order valence-corrected chi connectivity index (χ4v) is 2.72. The molecule has 0 spiro atoms. The van der Waals surface area contributed by atoms with Crippen LogP contribution in [0.2, 0.25) is 5.02 Å². The van der Waals surface area contributed by atoms with Crippen molar-refractivity contribution in [3.63, 3.8) is 0 Å². The lowest BCUT2D eigenvalue weighted by atomic mass is 10.1. The van der Waals surface area contributed by atoms with Crippen molar-refractivity contribution in [2.24, 2.45) is 0 Å². The van der Waals surface area contributed by atoms with Crippen molar-refractivity contribution in [2.75, 3.05) is 18.5 Å². The van der Waals surface area contributed by atoms with Crippen molar-refractivity contribution in [1.82, 2.24) is 10.3 Å². The highest BCUT2D eigenvalue weighted by atomic mass is 35.5. The molecule has 0 aliphatic rings. The number of rotatable bonds is 6. The van der Waals surface area contributed by atoms with E-state index in [4.69, 9.17) is 11.6 Å². The van der Waals surface area contributed by atoms with Crippen molar-refractivity contribution < 1.29 is 0 Å². The molecule has 1 heterocycles. The normalized spacial score (nSPS) is 12.2. The predicted octanol–water partition coefficient (Wildman–Crippen LogP) is 4.04. The molecule has 0 amide bonds. The number of aromatic nitrogens is 1. The fourth-order valence-electron chi connectivity index (χ4n) is 2.38. The lowest BCUT2D eigenvalue weighted by Gasteiger charge is -2.21. The Morgan fingerprint density at radius 1 is 1.33 bits per heavy atom. The second-order valence-electron chi connectivity index (χ2n) is 5.20. The number of hydrogen-bond acceptors (Lipinski definition) is 3. The summed E-state index contributed by atoms with van der Waals surface area (Å²) in [6.45, 7) is 5.97. The number of benzene rings is 1. The SMILES string of the molecule is CCNC(C)c1ccc(N(C)Cc2cccnc2)cc1Cl. The highest BCUT2D eigenvalue weighted by molar-refractivity contribution is 6.31. The van der Waals surface area contributed by atoms with Gasteiger partial charge in [-0.15, -0.1) is 0 Å². The van der Waals surface area contributed by atoms with Crippen LogP contribution in [0.1, 0.15) is 31.0 Å². The van der Waals surface area contributed by atoms with Gasteiger partial charge >= 0.3 is 0 Å². The van der Waals surface area contributed by atoms with Crippen molar-refractivity contribution >= 4 is 17.3 Å². The third-order valence-corrected chi connectivity index (χ3v) is 3.87. The Bertz CT molecular complexity index is 572. The summed E-state index contributed by atoms with van der Waals surface area (Å²) >= 11 is 6.43. The van der Waals surface area contributed by atoms with Gasteiger partial charge in [-0.3, -0.25) is 4.98 Å². The predicted molar refractivity (Wildman–Crippen MR) is 89.9 cm³/mol. The molecule has 0 fully saturated rings. The van der Waals surface area contributed by atoms with E-state index in [2.05, 4.69) is 54.3 Å². The number of pyridine rings is 1. The van der Waals surface area contributed by atoms with E-state index in [1.54, 1.807) is 6.20 Å². The van der Waals surface area contributed by atoms with Gasteiger partial charge in [0.1, 0.15) is 0 Å². The zero-order valence-electron chi connectivity index (χ0n) is 12.8. The van der Waals surface area contributed by atoms with E-state index in [1.165, 1.54) is 5.56 Å². The second kappa shape index (κ2) is 7.43. The van der Waals surface area contributed by atoms with Gasteiger partial charge < -0.3 is 10.2 Å². The van der Waals surface area contributed by atoms with Crippen LogP contribution in [0.5, 0.6) is 0 Å². The van der Waals surface area contributed by atoms with Gasteiger partial charge in [0.25, 0.3) is 0 Å². The molecule has 112 valence electrons. The zero-order chi connectivity index (χ0) is 15.2. The standard InChI is InChI=1S/C17H22ClN3/c1-4-20-13(2)16-8-7-15(10-17(16)18)21(3)12-14-6-5-9-19-11-14/h5-11,13,20H,4,12H2,1-3H3. The van der Waals surface area contributed by atoms with Crippen LogP contribution in [-0.4, -0.2) is 18.6 Å². The molecule has 4 heteroatoms. The molecule has 0 aliphatic heterocycles. The third kappa shape index (κ3) is 4.19. The van der Waals surface area contributed by atoms with Crippen LogP contribution in [0.3, 0.4) is 0 Å². The summed E-state index contributed by atoms with van der Waals surface area (Å²) in [5, 5.41) is 4.19. The van der Waals surface area contributed by atoms with E-state index in [9.17, 15) is 0 Å². The average molecular weight is 304 g/mol. The Morgan fingerprint density at radius 3 is 2.76 bits per heavy atom. The van der Waals surface area contributed by atoms with Crippen molar-refractivity contribution in [1.29, 1.82) is 0 Å². The highest BCUT2D eigenvalue weighted by Gasteiger charge is 2.10. The molecule has 0 radical (unpaired) electrons. The summed E-state index contributed by atoms with van der Waals surface area (Å²) in [6, 6.07) is 10.5. The number of nitrogens with zero attached hydrogens (tertiary/aromatic N) is 2. The first kappa shape index (κ1) is 15.8. The molecule has 0 saturated carbocycles. The minimum atomic E-state index is 0.264. The Hall–Kier alpha value is -1.58. The van der Waals surface area contributed by atoms with Gasteiger partial charge in [-0.25, -0.2) is 0 Å². The quantitative estimate of drug-likeness (QED) is 0.873. The molecule has 0 bridgehead atoms. The molecule has 2 aromatic rings. The molecular weight excluding hydrogens is 282 g/mol. The monoisotopic (exact) mass is 303 g/mol. The molecule has 3 nitrogen and oxygen atoms in total. The average Bonchev–Trinajstić information content (AvgIpc) is 2.48.